The topological polar surface area (TPSA) is 99.0 Å². The molecule has 0 saturated carbocycles. The molecule has 0 radical (unpaired) electrons. The largest absolute Gasteiger partial charge is 0.464 e. The van der Waals surface area contributed by atoms with Crippen molar-refractivity contribution in [2.75, 3.05) is 12.4 Å². The molecule has 21 heavy (non-hydrogen) atoms. The Bertz CT molecular complexity index is 678. The summed E-state index contributed by atoms with van der Waals surface area (Å²) in [5.74, 6) is -0.141. The van der Waals surface area contributed by atoms with E-state index in [1.54, 1.807) is 10.9 Å². The van der Waals surface area contributed by atoms with Gasteiger partial charge < -0.3 is 14.6 Å². The Morgan fingerprint density at radius 1 is 1.48 bits per heavy atom. The van der Waals surface area contributed by atoms with E-state index in [0.717, 1.165) is 11.3 Å². The summed E-state index contributed by atoms with van der Waals surface area (Å²) in [5, 5.41) is 11.4. The van der Waals surface area contributed by atoms with Crippen molar-refractivity contribution >= 4 is 28.2 Å². The SMILES string of the molecule is COC(=O)c1nc(NC(C)c2nncn2C)sc1C(C)=O. The number of thiazole rings is 1. The van der Waals surface area contributed by atoms with E-state index in [4.69, 9.17) is 0 Å². The Balaban J connectivity index is 2.27. The second kappa shape index (κ2) is 6.00. The lowest BCUT2D eigenvalue weighted by atomic mass is 10.3. The van der Waals surface area contributed by atoms with Crippen LogP contribution in [0, 0.1) is 0 Å². The number of Topliss-reactive ketones (excluding diaryl/α,β-unsaturated/α-hetero) is 1. The highest BCUT2D eigenvalue weighted by atomic mass is 32.1. The summed E-state index contributed by atoms with van der Waals surface area (Å²) in [5.41, 5.74) is 0.0302. The molecular formula is C12H15N5O3S. The van der Waals surface area contributed by atoms with Gasteiger partial charge in [0.1, 0.15) is 11.2 Å². The van der Waals surface area contributed by atoms with Gasteiger partial charge in [-0.3, -0.25) is 4.79 Å². The fourth-order valence-electron chi connectivity index (χ4n) is 1.79. The first-order valence-electron chi connectivity index (χ1n) is 6.14. The third kappa shape index (κ3) is 3.07. The molecule has 9 heteroatoms. The zero-order valence-corrected chi connectivity index (χ0v) is 12.9. The zero-order valence-electron chi connectivity index (χ0n) is 12.1. The van der Waals surface area contributed by atoms with Gasteiger partial charge in [0.15, 0.2) is 22.4 Å². The summed E-state index contributed by atoms with van der Waals surface area (Å²) in [6.07, 6.45) is 1.59. The van der Waals surface area contributed by atoms with Gasteiger partial charge in [-0.25, -0.2) is 9.78 Å². The average molecular weight is 309 g/mol. The molecule has 2 aromatic heterocycles. The van der Waals surface area contributed by atoms with E-state index in [2.05, 4.69) is 25.2 Å². The number of nitrogens with zero attached hydrogens (tertiary/aromatic N) is 4. The number of carbonyl (C=O) groups is 2. The molecular weight excluding hydrogens is 294 g/mol. The summed E-state index contributed by atoms with van der Waals surface area (Å²) < 4.78 is 6.41. The summed E-state index contributed by atoms with van der Waals surface area (Å²) in [6.45, 7) is 3.27. The number of hydrogen-bond donors (Lipinski definition) is 1. The van der Waals surface area contributed by atoms with Crippen LogP contribution in [0.1, 0.15) is 45.9 Å². The van der Waals surface area contributed by atoms with Crippen LogP contribution in [0.2, 0.25) is 0 Å². The minimum atomic E-state index is -0.629. The Morgan fingerprint density at radius 3 is 2.71 bits per heavy atom. The predicted molar refractivity (Wildman–Crippen MR) is 76.5 cm³/mol. The average Bonchev–Trinajstić information content (AvgIpc) is 3.04. The minimum Gasteiger partial charge on any atom is -0.464 e. The number of carbonyl (C=O) groups excluding carboxylic acids is 2. The van der Waals surface area contributed by atoms with E-state index >= 15 is 0 Å². The van der Waals surface area contributed by atoms with Crippen LogP contribution in [0.5, 0.6) is 0 Å². The fourth-order valence-corrected chi connectivity index (χ4v) is 2.72. The van der Waals surface area contributed by atoms with Crippen LogP contribution >= 0.6 is 11.3 Å². The van der Waals surface area contributed by atoms with Crippen molar-refractivity contribution in [2.24, 2.45) is 7.05 Å². The molecule has 1 atom stereocenters. The first kappa shape index (κ1) is 15.1. The molecule has 0 aliphatic carbocycles. The molecule has 8 nitrogen and oxygen atoms in total. The molecule has 0 amide bonds. The quantitative estimate of drug-likeness (QED) is 0.659. The second-order valence-electron chi connectivity index (χ2n) is 4.41. The molecule has 0 bridgehead atoms. The highest BCUT2D eigenvalue weighted by molar-refractivity contribution is 7.17. The molecule has 0 aromatic carbocycles. The van der Waals surface area contributed by atoms with Gasteiger partial charge in [-0.05, 0) is 6.92 Å². The molecule has 112 valence electrons. The van der Waals surface area contributed by atoms with Crippen molar-refractivity contribution in [1.29, 1.82) is 0 Å². The number of ether oxygens (including phenoxy) is 1. The second-order valence-corrected chi connectivity index (χ2v) is 5.41. The van der Waals surface area contributed by atoms with Crippen molar-refractivity contribution in [3.63, 3.8) is 0 Å². The third-order valence-corrected chi connectivity index (χ3v) is 3.89. The highest BCUT2D eigenvalue weighted by Gasteiger charge is 2.23. The minimum absolute atomic E-state index is 0.0302. The lowest BCUT2D eigenvalue weighted by molar-refractivity contribution is 0.0591. The Labute approximate surface area is 125 Å². The van der Waals surface area contributed by atoms with Crippen LogP contribution in [0.25, 0.3) is 0 Å². The van der Waals surface area contributed by atoms with Gasteiger partial charge in [-0.1, -0.05) is 11.3 Å². The van der Waals surface area contributed by atoms with Crippen molar-refractivity contribution in [1.82, 2.24) is 19.7 Å². The number of hydrogen-bond acceptors (Lipinski definition) is 8. The van der Waals surface area contributed by atoms with Gasteiger partial charge in [0.2, 0.25) is 0 Å². The summed E-state index contributed by atoms with van der Waals surface area (Å²) in [7, 11) is 3.08. The van der Waals surface area contributed by atoms with Crippen LogP contribution in [-0.4, -0.2) is 38.6 Å². The van der Waals surface area contributed by atoms with Crippen molar-refractivity contribution in [3.05, 3.63) is 22.7 Å². The molecule has 2 aromatic rings. The van der Waals surface area contributed by atoms with E-state index in [0.29, 0.717) is 11.0 Å². The lowest BCUT2D eigenvalue weighted by Crippen LogP contribution is -2.12. The lowest BCUT2D eigenvalue weighted by Gasteiger charge is -2.11. The molecule has 2 rings (SSSR count). The normalized spacial score (nSPS) is 12.0. The van der Waals surface area contributed by atoms with Crippen LogP contribution in [0.3, 0.4) is 0 Å². The molecule has 1 unspecified atom stereocenters. The number of rotatable bonds is 5. The maximum Gasteiger partial charge on any atom is 0.358 e. The van der Waals surface area contributed by atoms with Crippen molar-refractivity contribution in [3.8, 4) is 0 Å². The standard InChI is InChI=1S/C12H15N5O3S/c1-6(10-16-13-5-17(10)3)14-12-15-8(11(19)20-4)9(21-12)7(2)18/h5-6H,1-4H3,(H,14,15). The van der Waals surface area contributed by atoms with Gasteiger partial charge >= 0.3 is 5.97 Å². The van der Waals surface area contributed by atoms with E-state index in [-0.39, 0.29) is 22.4 Å². The Hall–Kier alpha value is -2.29. The maximum absolute atomic E-state index is 11.6. The van der Waals surface area contributed by atoms with E-state index < -0.39 is 5.97 Å². The van der Waals surface area contributed by atoms with Gasteiger partial charge in [0.05, 0.1) is 13.2 Å². The van der Waals surface area contributed by atoms with E-state index in [9.17, 15) is 9.59 Å². The molecule has 0 spiro atoms. The smallest absolute Gasteiger partial charge is 0.358 e. The summed E-state index contributed by atoms with van der Waals surface area (Å²) >= 11 is 1.11. The summed E-state index contributed by atoms with van der Waals surface area (Å²) in [4.78, 5) is 27.6. The molecule has 0 fully saturated rings. The number of nitrogens with one attached hydrogen (secondary N) is 1. The fraction of sp³-hybridized carbons (Fsp3) is 0.417. The highest BCUT2D eigenvalue weighted by Crippen LogP contribution is 2.27. The van der Waals surface area contributed by atoms with Gasteiger partial charge in [-0.15, -0.1) is 10.2 Å². The van der Waals surface area contributed by atoms with Gasteiger partial charge in [0, 0.05) is 14.0 Å². The first-order valence-corrected chi connectivity index (χ1v) is 6.96. The number of methoxy groups -OCH3 is 1. The van der Waals surface area contributed by atoms with Crippen LogP contribution < -0.4 is 5.32 Å². The van der Waals surface area contributed by atoms with Crippen molar-refractivity contribution in [2.45, 2.75) is 19.9 Å². The number of anilines is 1. The van der Waals surface area contributed by atoms with Crippen LogP contribution in [-0.2, 0) is 11.8 Å². The molecule has 0 aliphatic rings. The molecule has 0 aliphatic heterocycles. The van der Waals surface area contributed by atoms with Crippen molar-refractivity contribution < 1.29 is 14.3 Å². The van der Waals surface area contributed by atoms with E-state index in [1.807, 2.05) is 14.0 Å². The molecule has 1 N–H and O–H groups in total. The number of esters is 1. The maximum atomic E-state index is 11.6. The Morgan fingerprint density at radius 2 is 2.19 bits per heavy atom. The number of ketones is 1. The van der Waals surface area contributed by atoms with Crippen LogP contribution in [0.15, 0.2) is 6.33 Å². The van der Waals surface area contributed by atoms with Gasteiger partial charge in [-0.2, -0.15) is 0 Å². The summed E-state index contributed by atoms with van der Waals surface area (Å²) in [6, 6.07) is -0.172. The van der Waals surface area contributed by atoms with E-state index in [1.165, 1.54) is 14.0 Å². The molecule has 0 saturated heterocycles. The number of aryl methyl sites for hydroxylation is 1. The third-order valence-electron chi connectivity index (χ3n) is 2.80. The molecule has 2 heterocycles. The van der Waals surface area contributed by atoms with Gasteiger partial charge in [0.25, 0.3) is 0 Å². The Kier molecular flexibility index (Phi) is 4.32. The zero-order chi connectivity index (χ0) is 15.6. The monoisotopic (exact) mass is 309 g/mol. The predicted octanol–water partition coefficient (Wildman–Crippen LogP) is 1.43. The van der Waals surface area contributed by atoms with Crippen LogP contribution in [0.4, 0.5) is 5.13 Å². The number of aromatic nitrogens is 4. The first-order chi connectivity index (χ1) is 9.93.